The molecule has 0 aliphatic heterocycles. The van der Waals surface area contributed by atoms with E-state index in [9.17, 15) is 14.0 Å². The van der Waals surface area contributed by atoms with Gasteiger partial charge in [-0.1, -0.05) is 20.8 Å². The quantitative estimate of drug-likeness (QED) is 0.422. The minimum Gasteiger partial charge on any atom is -0.368 e. The Morgan fingerprint density at radius 2 is 1.85 bits per heavy atom. The van der Waals surface area contributed by atoms with E-state index in [1.807, 2.05) is 20.8 Å². The zero-order chi connectivity index (χ0) is 24.8. The highest BCUT2D eigenvalue weighted by Crippen LogP contribution is 2.25. The van der Waals surface area contributed by atoms with E-state index < -0.39 is 17.4 Å². The molecule has 34 heavy (non-hydrogen) atoms. The molecule has 0 atom stereocenters. The first-order valence-corrected chi connectivity index (χ1v) is 10.4. The predicted octanol–water partition coefficient (Wildman–Crippen LogP) is 2.79. The molecule has 4 N–H and O–H groups in total. The number of hydrogen-bond donors (Lipinski definition) is 3. The number of carbonyl (C=O) groups excluding carboxylic acids is 1. The molecule has 0 aliphatic carbocycles. The van der Waals surface area contributed by atoms with Gasteiger partial charge in [0.1, 0.15) is 22.8 Å². The molecule has 176 valence electrons. The van der Waals surface area contributed by atoms with E-state index in [1.165, 1.54) is 34.6 Å². The van der Waals surface area contributed by atoms with Crippen molar-refractivity contribution in [2.24, 2.45) is 14.1 Å². The zero-order valence-corrected chi connectivity index (χ0v) is 19.3. The van der Waals surface area contributed by atoms with Crippen LogP contribution < -0.4 is 21.9 Å². The normalized spacial score (nSPS) is 11.6. The lowest BCUT2D eigenvalue weighted by Gasteiger charge is -2.13. The van der Waals surface area contributed by atoms with Gasteiger partial charge in [0.15, 0.2) is 5.65 Å². The van der Waals surface area contributed by atoms with Crippen LogP contribution in [0.1, 0.15) is 26.5 Å². The van der Waals surface area contributed by atoms with Crippen LogP contribution in [0, 0.1) is 5.82 Å². The van der Waals surface area contributed by atoms with Crippen molar-refractivity contribution >= 4 is 34.6 Å². The summed E-state index contributed by atoms with van der Waals surface area (Å²) in [5.41, 5.74) is 6.59. The van der Waals surface area contributed by atoms with Crippen LogP contribution in [0.2, 0.25) is 0 Å². The molecule has 1 aromatic carbocycles. The van der Waals surface area contributed by atoms with Gasteiger partial charge in [-0.2, -0.15) is 10.1 Å². The topological polar surface area (TPSA) is 146 Å². The van der Waals surface area contributed by atoms with Crippen LogP contribution in [0.3, 0.4) is 0 Å². The van der Waals surface area contributed by atoms with Gasteiger partial charge in [0.05, 0.1) is 17.6 Å². The Morgan fingerprint density at radius 1 is 1.12 bits per heavy atom. The molecule has 0 radical (unpaired) electrons. The molecular formula is C22H24FN9O2. The van der Waals surface area contributed by atoms with E-state index in [4.69, 9.17) is 5.73 Å². The molecule has 0 aliphatic rings. The van der Waals surface area contributed by atoms with Gasteiger partial charge < -0.3 is 11.1 Å². The van der Waals surface area contributed by atoms with Crippen molar-refractivity contribution < 1.29 is 9.18 Å². The Morgan fingerprint density at radius 3 is 2.53 bits per heavy atom. The van der Waals surface area contributed by atoms with Gasteiger partial charge >= 0.3 is 6.03 Å². The molecule has 11 nitrogen and oxygen atoms in total. The predicted molar refractivity (Wildman–Crippen MR) is 127 cm³/mol. The number of hydrogen-bond acceptors (Lipinski definition) is 7. The van der Waals surface area contributed by atoms with Gasteiger partial charge in [-0.25, -0.2) is 19.2 Å². The van der Waals surface area contributed by atoms with Crippen LogP contribution in [0.25, 0.3) is 22.4 Å². The third kappa shape index (κ3) is 4.29. The molecule has 0 bridgehead atoms. The first kappa shape index (κ1) is 22.8. The van der Waals surface area contributed by atoms with E-state index in [0.717, 1.165) is 11.8 Å². The summed E-state index contributed by atoms with van der Waals surface area (Å²) in [4.78, 5) is 37.7. The molecule has 12 heteroatoms. The molecule has 0 saturated heterocycles. The monoisotopic (exact) mass is 465 g/mol. The third-order valence-electron chi connectivity index (χ3n) is 5.20. The van der Waals surface area contributed by atoms with Crippen LogP contribution >= 0.6 is 0 Å². The number of aryl methyl sites for hydroxylation is 2. The number of amides is 2. The number of anilines is 3. The zero-order valence-electron chi connectivity index (χ0n) is 19.3. The highest BCUT2D eigenvalue weighted by molar-refractivity contribution is 5.99. The summed E-state index contributed by atoms with van der Waals surface area (Å²) in [6, 6.07) is 4.99. The number of halogens is 1. The van der Waals surface area contributed by atoms with E-state index in [0.29, 0.717) is 16.9 Å². The van der Waals surface area contributed by atoms with E-state index >= 15 is 0 Å². The lowest BCUT2D eigenvalue weighted by atomic mass is 9.92. The number of urea groups is 1. The van der Waals surface area contributed by atoms with Crippen molar-refractivity contribution in [3.63, 3.8) is 0 Å². The van der Waals surface area contributed by atoms with Crippen molar-refractivity contribution in [2.45, 2.75) is 26.2 Å². The van der Waals surface area contributed by atoms with Crippen molar-refractivity contribution in [2.75, 3.05) is 16.4 Å². The van der Waals surface area contributed by atoms with Gasteiger partial charge in [0.25, 0.3) is 5.56 Å². The van der Waals surface area contributed by atoms with Gasteiger partial charge in [-0.05, 0) is 18.2 Å². The number of nitrogens with two attached hydrogens (primary N) is 1. The number of nitrogens with zero attached hydrogens (tertiary/aromatic N) is 6. The lowest BCUT2D eigenvalue weighted by Crippen LogP contribution is -2.23. The molecule has 0 fully saturated rings. The minimum atomic E-state index is -0.673. The third-order valence-corrected chi connectivity index (χ3v) is 5.20. The lowest BCUT2D eigenvalue weighted by molar-refractivity contribution is 0.262. The molecule has 2 amide bonds. The molecule has 4 aromatic rings. The van der Waals surface area contributed by atoms with Gasteiger partial charge in [-0.15, -0.1) is 0 Å². The van der Waals surface area contributed by atoms with Crippen LogP contribution in [-0.2, 0) is 19.5 Å². The summed E-state index contributed by atoms with van der Waals surface area (Å²) in [5.74, 6) is -0.212. The number of aromatic nitrogens is 6. The van der Waals surface area contributed by atoms with Crippen LogP contribution in [0.4, 0.5) is 26.6 Å². The molecule has 3 aromatic heterocycles. The number of benzene rings is 1. The van der Waals surface area contributed by atoms with Crippen molar-refractivity contribution in [3.05, 3.63) is 52.3 Å². The second-order valence-corrected chi connectivity index (χ2v) is 8.82. The molecule has 0 spiro atoms. The molecular weight excluding hydrogens is 441 g/mol. The second-order valence-electron chi connectivity index (χ2n) is 8.82. The Hall–Kier alpha value is -4.35. The molecule has 3 heterocycles. The fourth-order valence-corrected chi connectivity index (χ4v) is 3.31. The Labute approximate surface area is 193 Å². The molecule has 0 saturated carbocycles. The maximum Gasteiger partial charge on any atom is 0.324 e. The summed E-state index contributed by atoms with van der Waals surface area (Å²) in [7, 11) is 3.22. The highest BCUT2D eigenvalue weighted by atomic mass is 19.1. The van der Waals surface area contributed by atoms with Gasteiger partial charge in [0, 0.05) is 31.1 Å². The van der Waals surface area contributed by atoms with Crippen LogP contribution in [0.5, 0.6) is 0 Å². The Kier molecular flexibility index (Phi) is 5.51. The Balaban J connectivity index is 1.64. The SMILES string of the molecule is Cn1nc(C(C)(C)C)cc1NC(=O)Nc1cc(-c2nc3cnc(N)nc3n(C)c2=O)ccc1F. The van der Waals surface area contributed by atoms with E-state index in [2.05, 4.69) is 30.7 Å². The number of nitrogen functional groups attached to an aromatic ring is 1. The smallest absolute Gasteiger partial charge is 0.324 e. The van der Waals surface area contributed by atoms with Gasteiger partial charge in [0.2, 0.25) is 5.95 Å². The number of nitrogens with one attached hydrogen (secondary N) is 2. The summed E-state index contributed by atoms with van der Waals surface area (Å²) in [6.07, 6.45) is 1.40. The summed E-state index contributed by atoms with van der Waals surface area (Å²) in [5, 5.41) is 9.54. The first-order chi connectivity index (χ1) is 15.9. The van der Waals surface area contributed by atoms with Crippen molar-refractivity contribution in [3.8, 4) is 11.3 Å². The summed E-state index contributed by atoms with van der Waals surface area (Å²) in [6.45, 7) is 6.02. The fourth-order valence-electron chi connectivity index (χ4n) is 3.31. The van der Waals surface area contributed by atoms with E-state index in [-0.39, 0.29) is 28.4 Å². The minimum absolute atomic E-state index is 0.0133. The maximum absolute atomic E-state index is 14.5. The largest absolute Gasteiger partial charge is 0.368 e. The molecule has 0 unspecified atom stereocenters. The fraction of sp³-hybridized carbons (Fsp3) is 0.273. The van der Waals surface area contributed by atoms with Crippen LogP contribution in [-0.4, -0.2) is 35.3 Å². The maximum atomic E-state index is 14.5. The number of carbonyl (C=O) groups is 1. The van der Waals surface area contributed by atoms with Gasteiger partial charge in [-0.3, -0.25) is 19.4 Å². The second kappa shape index (κ2) is 8.21. The average molecular weight is 465 g/mol. The molecule has 4 rings (SSSR count). The highest BCUT2D eigenvalue weighted by Gasteiger charge is 2.20. The van der Waals surface area contributed by atoms with Crippen molar-refractivity contribution in [1.29, 1.82) is 0 Å². The standard InChI is InChI=1S/C22H24FN9O2/c1-22(2,3)15-9-16(32(5)30-15)28-21(34)27-13-8-11(6-7-12(13)23)17-19(33)31(4)18-14(26-17)10-25-20(24)29-18/h6-10H,1-5H3,(H2,24,25,29)(H2,27,28,34). The number of rotatable bonds is 3. The van der Waals surface area contributed by atoms with Crippen molar-refractivity contribution in [1.82, 2.24) is 29.3 Å². The average Bonchev–Trinajstić information content (AvgIpc) is 3.13. The Bertz CT molecular complexity index is 1480. The summed E-state index contributed by atoms with van der Waals surface area (Å²) < 4.78 is 17.3. The van der Waals surface area contributed by atoms with Crippen LogP contribution in [0.15, 0.2) is 35.3 Å². The first-order valence-electron chi connectivity index (χ1n) is 10.4. The van der Waals surface area contributed by atoms with E-state index in [1.54, 1.807) is 13.1 Å². The summed E-state index contributed by atoms with van der Waals surface area (Å²) >= 11 is 0. The number of fused-ring (bicyclic) bond motifs is 1.